The molecule has 0 radical (unpaired) electrons. The van der Waals surface area contributed by atoms with Crippen LogP contribution < -0.4 is 5.73 Å². The highest BCUT2D eigenvalue weighted by atomic mass is 32.2. The zero-order chi connectivity index (χ0) is 11.5. The lowest BCUT2D eigenvalue weighted by molar-refractivity contribution is 0.779. The molecule has 2 rings (SSSR count). The van der Waals surface area contributed by atoms with Crippen molar-refractivity contribution in [2.24, 2.45) is 5.73 Å². The molecule has 0 spiro atoms. The normalized spacial score (nSPS) is 12.7. The first-order valence-corrected chi connectivity index (χ1v) is 6.48. The summed E-state index contributed by atoms with van der Waals surface area (Å²) in [5.41, 5.74) is 6.93. The van der Waals surface area contributed by atoms with Crippen LogP contribution in [0.1, 0.15) is 23.5 Å². The molecule has 0 saturated heterocycles. The third-order valence-corrected chi connectivity index (χ3v) is 3.91. The summed E-state index contributed by atoms with van der Waals surface area (Å²) >= 11 is 3.08. The predicted molar refractivity (Wildman–Crippen MR) is 65.6 cm³/mol. The molecule has 0 aliphatic rings. The van der Waals surface area contributed by atoms with Crippen LogP contribution in [-0.4, -0.2) is 15.2 Å². The fourth-order valence-electron chi connectivity index (χ4n) is 1.24. The molecule has 0 bridgehead atoms. The molecule has 0 saturated carbocycles. The van der Waals surface area contributed by atoms with Crippen molar-refractivity contribution in [2.75, 3.05) is 0 Å². The van der Waals surface area contributed by atoms with E-state index in [0.29, 0.717) is 0 Å². The van der Waals surface area contributed by atoms with Crippen LogP contribution in [0.5, 0.6) is 0 Å². The smallest absolute Gasteiger partial charge is 0.180 e. The van der Waals surface area contributed by atoms with Crippen molar-refractivity contribution in [1.82, 2.24) is 15.2 Å². The van der Waals surface area contributed by atoms with Gasteiger partial charge in [-0.2, -0.15) is 0 Å². The molecule has 2 N–H and O–H groups in total. The minimum Gasteiger partial charge on any atom is -0.324 e. The van der Waals surface area contributed by atoms with E-state index in [9.17, 15) is 0 Å². The minimum absolute atomic E-state index is 0.0229. The molecular weight excluding hydrogens is 240 g/mol. The van der Waals surface area contributed by atoms with Gasteiger partial charge in [-0.25, -0.2) is 4.98 Å². The van der Waals surface area contributed by atoms with Gasteiger partial charge in [0.15, 0.2) is 4.34 Å². The topological polar surface area (TPSA) is 64.7 Å². The summed E-state index contributed by atoms with van der Waals surface area (Å²) in [7, 11) is 0. The van der Waals surface area contributed by atoms with Gasteiger partial charge in [-0.3, -0.25) is 0 Å². The van der Waals surface area contributed by atoms with E-state index in [2.05, 4.69) is 15.2 Å². The van der Waals surface area contributed by atoms with Crippen molar-refractivity contribution in [2.45, 2.75) is 29.3 Å². The van der Waals surface area contributed by atoms with Crippen LogP contribution >= 0.6 is 23.1 Å². The van der Waals surface area contributed by atoms with Crippen LogP contribution in [-0.2, 0) is 0 Å². The predicted octanol–water partition coefficient (Wildman–Crippen LogP) is 2.41. The van der Waals surface area contributed by atoms with Crippen LogP contribution in [0.15, 0.2) is 27.7 Å². The molecule has 1 atom stereocenters. The van der Waals surface area contributed by atoms with Gasteiger partial charge in [0, 0.05) is 17.8 Å². The van der Waals surface area contributed by atoms with E-state index < -0.39 is 0 Å². The number of hydrogen-bond donors (Lipinski definition) is 1. The maximum Gasteiger partial charge on any atom is 0.180 e. The van der Waals surface area contributed by atoms with Crippen LogP contribution in [0.2, 0.25) is 0 Å². The Morgan fingerprint density at radius 1 is 1.44 bits per heavy atom. The number of nitrogens with zero attached hydrogens (tertiary/aromatic N) is 3. The number of aromatic nitrogens is 3. The molecule has 2 heterocycles. The Labute approximate surface area is 102 Å². The Morgan fingerprint density at radius 3 is 2.88 bits per heavy atom. The SMILES string of the molecule is Cc1nnc(Sc2ncccc2[C@@H](C)N)s1. The monoisotopic (exact) mass is 252 g/mol. The molecule has 0 fully saturated rings. The molecular formula is C10H12N4S2. The molecule has 0 aliphatic carbocycles. The highest BCUT2D eigenvalue weighted by Crippen LogP contribution is 2.32. The standard InChI is InChI=1S/C10H12N4S2/c1-6(11)8-4-3-5-12-9(8)16-10-14-13-7(2)15-10/h3-6H,11H2,1-2H3/t6-/m1/s1. The number of pyridine rings is 1. The lowest BCUT2D eigenvalue weighted by atomic mass is 10.2. The molecule has 2 aromatic heterocycles. The second-order valence-corrected chi connectivity index (χ2v) is 5.79. The summed E-state index contributed by atoms with van der Waals surface area (Å²) in [5, 5.41) is 9.91. The van der Waals surface area contributed by atoms with E-state index in [1.807, 2.05) is 26.0 Å². The van der Waals surface area contributed by atoms with E-state index in [4.69, 9.17) is 5.73 Å². The number of aryl methyl sites for hydroxylation is 1. The van der Waals surface area contributed by atoms with Crippen molar-refractivity contribution >= 4 is 23.1 Å². The first-order chi connectivity index (χ1) is 7.66. The van der Waals surface area contributed by atoms with Gasteiger partial charge in [0.2, 0.25) is 0 Å². The molecule has 6 heteroatoms. The molecule has 0 amide bonds. The highest BCUT2D eigenvalue weighted by molar-refractivity contribution is 8.01. The summed E-state index contributed by atoms with van der Waals surface area (Å²) in [5.74, 6) is 0. The largest absolute Gasteiger partial charge is 0.324 e. The maximum atomic E-state index is 5.89. The molecule has 0 unspecified atom stereocenters. The van der Waals surface area contributed by atoms with Gasteiger partial charge in [-0.05, 0) is 31.7 Å². The van der Waals surface area contributed by atoms with Gasteiger partial charge in [0.1, 0.15) is 10.0 Å². The van der Waals surface area contributed by atoms with Crippen LogP contribution in [0.25, 0.3) is 0 Å². The zero-order valence-corrected chi connectivity index (χ0v) is 10.7. The quantitative estimate of drug-likeness (QED) is 0.908. The molecule has 0 aliphatic heterocycles. The van der Waals surface area contributed by atoms with Crippen molar-refractivity contribution in [3.63, 3.8) is 0 Å². The summed E-state index contributed by atoms with van der Waals surface area (Å²) < 4.78 is 0.901. The first-order valence-electron chi connectivity index (χ1n) is 4.85. The van der Waals surface area contributed by atoms with Gasteiger partial charge in [-0.1, -0.05) is 17.4 Å². The summed E-state index contributed by atoms with van der Waals surface area (Å²) in [4.78, 5) is 4.33. The zero-order valence-electron chi connectivity index (χ0n) is 9.04. The van der Waals surface area contributed by atoms with Crippen molar-refractivity contribution in [1.29, 1.82) is 0 Å². The average Bonchev–Trinajstić information content (AvgIpc) is 2.64. The van der Waals surface area contributed by atoms with Gasteiger partial charge in [-0.15, -0.1) is 10.2 Å². The molecule has 0 aromatic carbocycles. The van der Waals surface area contributed by atoms with Crippen LogP contribution in [0.3, 0.4) is 0 Å². The third kappa shape index (κ3) is 2.58. The highest BCUT2D eigenvalue weighted by Gasteiger charge is 2.11. The summed E-state index contributed by atoms with van der Waals surface area (Å²) in [6, 6.07) is 3.87. The van der Waals surface area contributed by atoms with E-state index in [-0.39, 0.29) is 6.04 Å². The Bertz CT molecular complexity index is 481. The van der Waals surface area contributed by atoms with E-state index in [1.54, 1.807) is 17.5 Å². The first kappa shape index (κ1) is 11.5. The number of nitrogens with two attached hydrogens (primary N) is 1. The van der Waals surface area contributed by atoms with Crippen molar-refractivity contribution in [3.05, 3.63) is 28.9 Å². The maximum absolute atomic E-state index is 5.89. The number of hydrogen-bond acceptors (Lipinski definition) is 6. The third-order valence-electron chi connectivity index (χ3n) is 1.98. The van der Waals surface area contributed by atoms with Gasteiger partial charge < -0.3 is 5.73 Å². The fourth-order valence-corrected chi connectivity index (χ4v) is 3.15. The Balaban J connectivity index is 2.27. The van der Waals surface area contributed by atoms with Gasteiger partial charge >= 0.3 is 0 Å². The van der Waals surface area contributed by atoms with E-state index >= 15 is 0 Å². The molecule has 16 heavy (non-hydrogen) atoms. The molecule has 84 valence electrons. The van der Waals surface area contributed by atoms with Crippen LogP contribution in [0.4, 0.5) is 0 Å². The molecule has 4 nitrogen and oxygen atoms in total. The minimum atomic E-state index is -0.0229. The van der Waals surface area contributed by atoms with Crippen molar-refractivity contribution in [3.8, 4) is 0 Å². The summed E-state index contributed by atoms with van der Waals surface area (Å²) in [6.07, 6.45) is 1.77. The Morgan fingerprint density at radius 2 is 2.25 bits per heavy atom. The van der Waals surface area contributed by atoms with Crippen LogP contribution in [0, 0.1) is 6.92 Å². The van der Waals surface area contributed by atoms with Gasteiger partial charge in [0.25, 0.3) is 0 Å². The number of rotatable bonds is 3. The Kier molecular flexibility index (Phi) is 3.52. The van der Waals surface area contributed by atoms with E-state index in [1.165, 1.54) is 11.8 Å². The van der Waals surface area contributed by atoms with Gasteiger partial charge in [0.05, 0.1) is 0 Å². The lowest BCUT2D eigenvalue weighted by Crippen LogP contribution is -2.06. The van der Waals surface area contributed by atoms with E-state index in [0.717, 1.165) is 19.9 Å². The van der Waals surface area contributed by atoms with Crippen molar-refractivity contribution < 1.29 is 0 Å². The average molecular weight is 252 g/mol. The second kappa shape index (κ2) is 4.90. The molecule has 2 aromatic rings. The fraction of sp³-hybridized carbons (Fsp3) is 0.300. The Hall–Kier alpha value is -0.980. The lowest BCUT2D eigenvalue weighted by Gasteiger charge is -2.08. The summed E-state index contributed by atoms with van der Waals surface area (Å²) in [6.45, 7) is 3.89. The second-order valence-electron chi connectivity index (χ2n) is 3.38.